The first-order chi connectivity index (χ1) is 51.9. The molecule has 0 aromatic heterocycles. The molecule has 0 aliphatic heterocycles. The first-order valence-corrected chi connectivity index (χ1v) is 38.6. The average Bonchev–Trinajstić information content (AvgIpc) is 0.852. The molecule has 13 atom stereocenters. The number of hydrogen-bond donors (Lipinski definition) is 24. The quantitative estimate of drug-likeness (QED) is 0.0136. The maximum absolute atomic E-state index is 14.7. The number of thiol groups is 1. The van der Waals surface area contributed by atoms with Gasteiger partial charge in [0.1, 0.15) is 72.2 Å². The van der Waals surface area contributed by atoms with Gasteiger partial charge >= 0.3 is 11.9 Å². The number of guanidine groups is 2. The summed E-state index contributed by atoms with van der Waals surface area (Å²) in [6.07, 6.45) is 1.66. The molecule has 0 spiro atoms. The van der Waals surface area contributed by atoms with Gasteiger partial charge in [0.2, 0.25) is 70.9 Å². The van der Waals surface area contributed by atoms with Gasteiger partial charge in [0, 0.05) is 38.1 Å². The van der Waals surface area contributed by atoms with Crippen LogP contribution in [0.3, 0.4) is 0 Å². The maximum Gasteiger partial charge on any atom is 0.326 e. The lowest BCUT2D eigenvalue weighted by molar-refractivity contribution is -0.143. The molecule has 37 nitrogen and oxygen atoms in total. The van der Waals surface area contributed by atoms with Crippen LogP contribution < -0.4 is 97.4 Å². The Kier molecular flexibility index (Phi) is 44.9. The fourth-order valence-corrected chi connectivity index (χ4v) is 11.6. The molecule has 0 heterocycles. The number of carbonyl (C=O) groups excluding carboxylic acids is 12. The molecule has 0 unspecified atom stereocenters. The molecule has 2 rings (SSSR count). The van der Waals surface area contributed by atoms with Crippen LogP contribution in [0.5, 0.6) is 5.75 Å². The van der Waals surface area contributed by atoms with Gasteiger partial charge < -0.3 is 113 Å². The summed E-state index contributed by atoms with van der Waals surface area (Å²) in [5, 5.41) is 80.7. The number of carboxylic acids is 2. The number of amides is 12. The molecular weight excluding hydrogens is 1470 g/mol. The van der Waals surface area contributed by atoms with Crippen molar-refractivity contribution in [3.8, 4) is 5.75 Å². The number of aliphatic carboxylic acids is 2. The third kappa shape index (κ3) is 37.4. The second kappa shape index (κ2) is 51.4. The molecule has 2 aromatic rings. The second-order valence-corrected chi connectivity index (χ2v) is 28.7. The summed E-state index contributed by atoms with van der Waals surface area (Å²) in [5.41, 5.74) is 24.0. The molecule has 12 amide bonds. The Morgan fingerprint density at radius 2 is 0.945 bits per heavy atom. The van der Waals surface area contributed by atoms with E-state index >= 15 is 0 Å². The molecule has 110 heavy (non-hydrogen) atoms. The fourth-order valence-electron chi connectivity index (χ4n) is 10.9. The van der Waals surface area contributed by atoms with E-state index in [2.05, 4.69) is 87.1 Å². The summed E-state index contributed by atoms with van der Waals surface area (Å²) in [4.78, 5) is 192. The van der Waals surface area contributed by atoms with Crippen molar-refractivity contribution in [3.05, 3.63) is 65.7 Å². The van der Waals surface area contributed by atoms with Crippen LogP contribution >= 0.6 is 24.4 Å². The monoisotopic (exact) mass is 1580 g/mol. The van der Waals surface area contributed by atoms with Gasteiger partial charge in [0.15, 0.2) is 11.9 Å². The minimum absolute atomic E-state index is 0.0310. The van der Waals surface area contributed by atoms with Gasteiger partial charge in [-0.15, -0.1) is 0 Å². The molecule has 0 bridgehead atoms. The van der Waals surface area contributed by atoms with Crippen LogP contribution in [0.4, 0.5) is 0 Å². The smallest absolute Gasteiger partial charge is 0.326 e. The normalized spacial score (nSPS) is 14.6. The highest BCUT2D eigenvalue weighted by atomic mass is 32.2. The summed E-state index contributed by atoms with van der Waals surface area (Å²) < 4.78 is 0. The zero-order chi connectivity index (χ0) is 82.7. The number of benzene rings is 2. The van der Waals surface area contributed by atoms with Crippen LogP contribution in [0.2, 0.25) is 0 Å². The zero-order valence-corrected chi connectivity index (χ0v) is 65.4. The minimum Gasteiger partial charge on any atom is -0.508 e. The van der Waals surface area contributed by atoms with E-state index in [0.29, 0.717) is 29.7 Å². The van der Waals surface area contributed by atoms with Crippen molar-refractivity contribution in [3.63, 3.8) is 0 Å². The number of aromatic hydroxyl groups is 1. The third-order valence-electron chi connectivity index (χ3n) is 17.4. The van der Waals surface area contributed by atoms with Crippen molar-refractivity contribution in [2.75, 3.05) is 43.9 Å². The topological polar surface area (TPSA) is 620 Å². The SMILES string of the molecule is CC[C@H](C)[C@H](NC(=O)[C@@H](NC(=O)[C@H](CCCNC(=N)N)NC(=O)[C@H](CS)NC(=O)CNC(=O)[C@H](Cc1ccc(O)cc1)NC(=O)[C@@H](N)CCSC)C(C)C)C(=O)N[C@@H](CCCNC(=N)N)C(=O)N[C@@H](CCCCN)C(=O)N[C@@H](C)C(=O)N[C@@H](CC(C)C)C(=O)N[C@@H](CCC(=O)O)C(=O)N[C@@H](Cc1ccccc1)C(=O)O. The fraction of sp³-hybridized carbons (Fsp3) is 0.606. The van der Waals surface area contributed by atoms with E-state index in [1.165, 1.54) is 30.8 Å². The molecular formula is C71H116N20O17S2. The summed E-state index contributed by atoms with van der Waals surface area (Å²) in [5.74, 6) is -15.3. The number of phenolic OH excluding ortho intramolecular Hbond substituents is 1. The lowest BCUT2D eigenvalue weighted by atomic mass is 9.95. The van der Waals surface area contributed by atoms with Gasteiger partial charge in [-0.1, -0.05) is 90.4 Å². The maximum atomic E-state index is 14.7. The van der Waals surface area contributed by atoms with Gasteiger partial charge in [-0.2, -0.15) is 24.4 Å². The molecule has 0 aliphatic carbocycles. The van der Waals surface area contributed by atoms with E-state index in [4.69, 9.17) is 33.8 Å². The highest BCUT2D eigenvalue weighted by molar-refractivity contribution is 7.98. The van der Waals surface area contributed by atoms with Gasteiger partial charge in [-0.3, -0.25) is 73.1 Å². The summed E-state index contributed by atoms with van der Waals surface area (Å²) in [6.45, 7) is 10.9. The Labute approximate surface area is 650 Å². The van der Waals surface area contributed by atoms with Crippen LogP contribution in [-0.2, 0) is 80.0 Å². The average molecular weight is 1590 g/mol. The second-order valence-electron chi connectivity index (χ2n) is 27.4. The lowest BCUT2D eigenvalue weighted by Crippen LogP contribution is -2.62. The van der Waals surface area contributed by atoms with Crippen molar-refractivity contribution >= 4 is 119 Å². The minimum atomic E-state index is -1.57. The Balaban J connectivity index is 2.42. The van der Waals surface area contributed by atoms with E-state index in [1.807, 2.05) is 6.26 Å². The summed E-state index contributed by atoms with van der Waals surface area (Å²) in [6, 6.07) is -2.31. The first kappa shape index (κ1) is 96.1. The predicted octanol–water partition coefficient (Wildman–Crippen LogP) is -2.99. The number of hydrogen-bond acceptors (Lipinski definition) is 21. The Morgan fingerprint density at radius 3 is 1.45 bits per heavy atom. The molecule has 0 saturated carbocycles. The number of rotatable bonds is 53. The van der Waals surface area contributed by atoms with Crippen LogP contribution in [0.1, 0.15) is 137 Å². The first-order valence-electron chi connectivity index (χ1n) is 36.5. The van der Waals surface area contributed by atoms with Crippen LogP contribution in [-0.4, -0.2) is 227 Å². The number of phenols is 1. The highest BCUT2D eigenvalue weighted by Crippen LogP contribution is 2.17. The van der Waals surface area contributed by atoms with Crippen molar-refractivity contribution in [1.82, 2.24) is 74.4 Å². The van der Waals surface area contributed by atoms with Crippen molar-refractivity contribution < 1.29 is 82.4 Å². The number of carbonyl (C=O) groups is 14. The van der Waals surface area contributed by atoms with E-state index in [-0.39, 0.29) is 107 Å². The molecule has 39 heteroatoms. The number of unbranched alkanes of at least 4 members (excludes halogenated alkanes) is 1. The van der Waals surface area contributed by atoms with Gasteiger partial charge in [-0.05, 0) is 131 Å². The molecule has 614 valence electrons. The Hall–Kier alpha value is -10.0. The largest absolute Gasteiger partial charge is 0.508 e. The van der Waals surface area contributed by atoms with Gasteiger partial charge in [0.25, 0.3) is 0 Å². The predicted molar refractivity (Wildman–Crippen MR) is 416 cm³/mol. The van der Waals surface area contributed by atoms with E-state index < -0.39 is 193 Å². The molecule has 0 radical (unpaired) electrons. The number of carboxylic acid groups (broad SMARTS) is 2. The highest BCUT2D eigenvalue weighted by Gasteiger charge is 2.38. The van der Waals surface area contributed by atoms with Crippen molar-refractivity contribution in [2.24, 2.45) is 40.7 Å². The molecule has 2 aromatic carbocycles. The van der Waals surface area contributed by atoms with E-state index in [1.54, 1.807) is 84.0 Å². The third-order valence-corrected chi connectivity index (χ3v) is 18.4. The van der Waals surface area contributed by atoms with Crippen molar-refractivity contribution in [1.29, 1.82) is 10.8 Å². The van der Waals surface area contributed by atoms with Crippen LogP contribution in [0.15, 0.2) is 54.6 Å². The zero-order valence-electron chi connectivity index (χ0n) is 63.7. The molecule has 0 aliphatic rings. The standard InChI is InChI=1S/C71H116N20O17S2/c1-9-40(6)57(91-67(105)56(39(4)5)90-64(102)48(21-16-31-79-71(76)77)84-66(104)53(37-109)82-54(93)36-80-60(98)51(34-43-22-24-44(92)25-23-43)88-59(97)45(73)28-32-110-8)68(106)86-47(20-15-30-78-70(74)75)62(100)83-46(19-13-14-29-72)61(99)81-41(7)58(96)87-50(33-38(2)3)65(103)85-49(26-27-55(94)95)63(101)89-52(69(107)108)35-42-17-11-10-12-18-42/h10-12,17-18,22-25,38-41,45-53,56-57,92,109H,9,13-16,19-21,26-37,72-73H2,1-8H3,(H,80,98)(H,81,99)(H,82,93)(H,83,100)(H,84,104)(H,85,103)(H,86,106)(H,87,96)(H,88,97)(H,89,101)(H,90,102)(H,91,105)(H,94,95)(H,107,108)(H4,74,75,78)(H4,76,77,79)/t40-,41-,45-,46-,47-,48-,49-,50-,51-,52-,53-,56-,57-/m0/s1. The molecule has 0 saturated heterocycles. The van der Waals surface area contributed by atoms with Crippen LogP contribution in [0.25, 0.3) is 0 Å². The molecule has 27 N–H and O–H groups in total. The number of thioether (sulfide) groups is 1. The van der Waals surface area contributed by atoms with Crippen molar-refractivity contribution in [2.45, 2.75) is 211 Å². The Bertz CT molecular complexity index is 3380. The number of nitrogens with two attached hydrogens (primary N) is 4. The van der Waals surface area contributed by atoms with Gasteiger partial charge in [0.05, 0.1) is 12.6 Å². The van der Waals surface area contributed by atoms with E-state index in [9.17, 15) is 82.4 Å². The van der Waals surface area contributed by atoms with Gasteiger partial charge in [-0.25, -0.2) is 4.79 Å². The van der Waals surface area contributed by atoms with E-state index in [0.717, 1.165) is 0 Å². The lowest BCUT2D eigenvalue weighted by Gasteiger charge is -2.31. The molecule has 0 fully saturated rings. The summed E-state index contributed by atoms with van der Waals surface area (Å²) in [7, 11) is 0. The Morgan fingerprint density at radius 1 is 0.491 bits per heavy atom. The number of nitrogens with one attached hydrogen (secondary N) is 16. The summed E-state index contributed by atoms with van der Waals surface area (Å²) >= 11 is 5.74. The van der Waals surface area contributed by atoms with Crippen LogP contribution in [0, 0.1) is 28.6 Å².